The maximum Gasteiger partial charge on any atom is 0.258 e. The van der Waals surface area contributed by atoms with Crippen molar-refractivity contribution in [2.75, 3.05) is 26.9 Å². The van der Waals surface area contributed by atoms with E-state index in [1.807, 2.05) is 61.5 Å². The largest absolute Gasteiger partial charge is 0.497 e. The van der Waals surface area contributed by atoms with E-state index in [9.17, 15) is 4.79 Å². The van der Waals surface area contributed by atoms with Crippen molar-refractivity contribution in [2.45, 2.75) is 13.0 Å². The van der Waals surface area contributed by atoms with E-state index in [2.05, 4.69) is 5.32 Å². The third-order valence-corrected chi connectivity index (χ3v) is 4.83. The molecule has 0 spiro atoms. The Morgan fingerprint density at radius 1 is 0.966 bits per heavy atom. The van der Waals surface area contributed by atoms with Crippen molar-refractivity contribution in [3.63, 3.8) is 0 Å². The summed E-state index contributed by atoms with van der Waals surface area (Å²) in [4.78, 5) is 12.3. The molecule has 0 saturated heterocycles. The van der Waals surface area contributed by atoms with Crippen molar-refractivity contribution in [3.8, 4) is 23.0 Å². The van der Waals surface area contributed by atoms with Gasteiger partial charge in [-0.2, -0.15) is 0 Å². The van der Waals surface area contributed by atoms with Crippen LogP contribution in [0.15, 0.2) is 54.6 Å². The number of carbonyl (C=O) groups is 1. The molecule has 0 fully saturated rings. The van der Waals surface area contributed by atoms with Gasteiger partial charge >= 0.3 is 0 Å². The average Bonchev–Trinajstić information content (AvgIpc) is 2.76. The van der Waals surface area contributed by atoms with Crippen molar-refractivity contribution >= 4 is 16.7 Å². The smallest absolute Gasteiger partial charge is 0.258 e. The fraction of sp³-hybridized carbons (Fsp3) is 0.261. The van der Waals surface area contributed by atoms with Gasteiger partial charge in [-0.3, -0.25) is 4.79 Å². The monoisotopic (exact) mass is 393 g/mol. The first-order chi connectivity index (χ1) is 14.1. The Balaban J connectivity index is 1.36. The molecule has 0 aliphatic carbocycles. The Bertz CT molecular complexity index is 1030. The summed E-state index contributed by atoms with van der Waals surface area (Å²) in [5, 5.41) is 5.02. The van der Waals surface area contributed by atoms with Crippen molar-refractivity contribution in [1.82, 2.24) is 5.32 Å². The van der Waals surface area contributed by atoms with Gasteiger partial charge in [0.15, 0.2) is 18.1 Å². The number of benzene rings is 3. The number of methoxy groups -OCH3 is 1. The molecule has 1 N–H and O–H groups in total. The van der Waals surface area contributed by atoms with Crippen LogP contribution in [0.1, 0.15) is 18.5 Å². The fourth-order valence-corrected chi connectivity index (χ4v) is 3.26. The third kappa shape index (κ3) is 4.37. The summed E-state index contributed by atoms with van der Waals surface area (Å²) in [6.07, 6.45) is 0. The van der Waals surface area contributed by atoms with E-state index in [0.717, 1.165) is 27.8 Å². The lowest BCUT2D eigenvalue weighted by Crippen LogP contribution is -2.31. The number of amides is 1. The van der Waals surface area contributed by atoms with Gasteiger partial charge < -0.3 is 24.3 Å². The van der Waals surface area contributed by atoms with Crippen molar-refractivity contribution in [3.05, 3.63) is 60.2 Å². The molecule has 4 rings (SSSR count). The lowest BCUT2D eigenvalue weighted by atomic mass is 10.1. The highest BCUT2D eigenvalue weighted by atomic mass is 16.6. The third-order valence-electron chi connectivity index (χ3n) is 4.83. The van der Waals surface area contributed by atoms with Crippen molar-refractivity contribution in [2.24, 2.45) is 0 Å². The topological polar surface area (TPSA) is 66.0 Å². The molecule has 150 valence electrons. The molecule has 1 amide bonds. The molecule has 3 aromatic carbocycles. The summed E-state index contributed by atoms with van der Waals surface area (Å²) >= 11 is 0. The van der Waals surface area contributed by atoms with Crippen LogP contribution in [0.4, 0.5) is 0 Å². The summed E-state index contributed by atoms with van der Waals surface area (Å²) in [6, 6.07) is 17.1. The minimum atomic E-state index is -0.196. The quantitative estimate of drug-likeness (QED) is 0.689. The van der Waals surface area contributed by atoms with E-state index in [-0.39, 0.29) is 18.6 Å². The Labute approximate surface area is 169 Å². The van der Waals surface area contributed by atoms with Crippen LogP contribution < -0.4 is 24.3 Å². The molecule has 0 bridgehead atoms. The molecular formula is C23H23NO5. The van der Waals surface area contributed by atoms with Gasteiger partial charge in [0.25, 0.3) is 5.91 Å². The standard InChI is InChI=1S/C23H23NO5/c1-15(17-5-8-21-22(13-17)28-10-9-27-21)24-23(25)14-29-20-7-4-16-3-6-19(26-2)11-18(16)12-20/h3-8,11-13,15H,9-10,14H2,1-2H3,(H,24,25)/t15-/m0/s1. The fourth-order valence-electron chi connectivity index (χ4n) is 3.26. The van der Waals surface area contributed by atoms with Crippen LogP contribution in [0.5, 0.6) is 23.0 Å². The Morgan fingerprint density at radius 2 is 1.69 bits per heavy atom. The number of rotatable bonds is 6. The van der Waals surface area contributed by atoms with E-state index < -0.39 is 0 Å². The van der Waals surface area contributed by atoms with E-state index in [1.54, 1.807) is 7.11 Å². The SMILES string of the molecule is COc1ccc2ccc(OCC(=O)N[C@@H](C)c3ccc4c(c3)OCCO4)cc2c1. The Hall–Kier alpha value is -3.41. The molecule has 1 heterocycles. The first-order valence-corrected chi connectivity index (χ1v) is 9.52. The van der Waals surface area contributed by atoms with Gasteiger partial charge in [0.05, 0.1) is 13.2 Å². The van der Waals surface area contributed by atoms with Gasteiger partial charge in [0, 0.05) is 0 Å². The number of hydrogen-bond acceptors (Lipinski definition) is 5. The number of ether oxygens (including phenoxy) is 4. The molecule has 0 radical (unpaired) electrons. The van der Waals surface area contributed by atoms with Crippen molar-refractivity contribution in [1.29, 1.82) is 0 Å². The van der Waals surface area contributed by atoms with Crippen LogP contribution in [0.2, 0.25) is 0 Å². The second-order valence-electron chi connectivity index (χ2n) is 6.86. The summed E-state index contributed by atoms with van der Waals surface area (Å²) < 4.78 is 22.1. The van der Waals surface area contributed by atoms with Gasteiger partial charge in [-0.25, -0.2) is 0 Å². The molecule has 3 aromatic rings. The first-order valence-electron chi connectivity index (χ1n) is 9.52. The van der Waals surface area contributed by atoms with Crippen LogP contribution in [0.25, 0.3) is 10.8 Å². The summed E-state index contributed by atoms with van der Waals surface area (Å²) in [5.74, 6) is 2.65. The van der Waals surface area contributed by atoms with E-state index in [1.165, 1.54) is 0 Å². The van der Waals surface area contributed by atoms with Crippen LogP contribution in [-0.4, -0.2) is 32.8 Å². The predicted molar refractivity (Wildman–Crippen MR) is 110 cm³/mol. The molecule has 0 saturated carbocycles. The Morgan fingerprint density at radius 3 is 2.48 bits per heavy atom. The minimum absolute atomic E-state index is 0.0651. The first kappa shape index (κ1) is 18.9. The van der Waals surface area contributed by atoms with E-state index in [4.69, 9.17) is 18.9 Å². The summed E-state index contributed by atoms with van der Waals surface area (Å²) in [7, 11) is 1.63. The number of fused-ring (bicyclic) bond motifs is 2. The van der Waals surface area contributed by atoms with Gasteiger partial charge in [-0.05, 0) is 59.7 Å². The second-order valence-corrected chi connectivity index (χ2v) is 6.86. The number of hydrogen-bond donors (Lipinski definition) is 1. The maximum atomic E-state index is 12.3. The average molecular weight is 393 g/mol. The second kappa shape index (κ2) is 8.31. The Kier molecular flexibility index (Phi) is 5.42. The lowest BCUT2D eigenvalue weighted by molar-refractivity contribution is -0.123. The van der Waals surface area contributed by atoms with Crippen LogP contribution in [0, 0.1) is 0 Å². The zero-order valence-electron chi connectivity index (χ0n) is 16.4. The van der Waals surface area contributed by atoms with Crippen LogP contribution in [-0.2, 0) is 4.79 Å². The molecule has 1 aliphatic heterocycles. The number of carbonyl (C=O) groups excluding carboxylic acids is 1. The predicted octanol–water partition coefficient (Wildman–Crippen LogP) is 3.88. The highest BCUT2D eigenvalue weighted by Crippen LogP contribution is 2.32. The lowest BCUT2D eigenvalue weighted by Gasteiger charge is -2.21. The van der Waals surface area contributed by atoms with Gasteiger partial charge in [-0.15, -0.1) is 0 Å². The van der Waals surface area contributed by atoms with Crippen molar-refractivity contribution < 1.29 is 23.7 Å². The maximum absolute atomic E-state index is 12.3. The van der Waals surface area contributed by atoms with Gasteiger partial charge in [0.2, 0.25) is 0 Å². The zero-order valence-corrected chi connectivity index (χ0v) is 16.4. The molecule has 29 heavy (non-hydrogen) atoms. The van der Waals surface area contributed by atoms with Gasteiger partial charge in [-0.1, -0.05) is 18.2 Å². The highest BCUT2D eigenvalue weighted by molar-refractivity contribution is 5.85. The molecule has 0 unspecified atom stereocenters. The molecule has 0 aromatic heterocycles. The highest BCUT2D eigenvalue weighted by Gasteiger charge is 2.16. The summed E-state index contributed by atoms with van der Waals surface area (Å²) in [5.41, 5.74) is 0.945. The molecular weight excluding hydrogens is 370 g/mol. The minimum Gasteiger partial charge on any atom is -0.497 e. The van der Waals surface area contributed by atoms with Crippen LogP contribution in [0.3, 0.4) is 0 Å². The van der Waals surface area contributed by atoms with E-state index in [0.29, 0.717) is 24.7 Å². The number of nitrogens with one attached hydrogen (secondary N) is 1. The normalized spacial score (nSPS) is 13.6. The van der Waals surface area contributed by atoms with E-state index >= 15 is 0 Å². The molecule has 6 heteroatoms. The van der Waals surface area contributed by atoms with Gasteiger partial charge in [0.1, 0.15) is 24.7 Å². The zero-order chi connectivity index (χ0) is 20.2. The van der Waals surface area contributed by atoms with Crippen LogP contribution >= 0.6 is 0 Å². The molecule has 6 nitrogen and oxygen atoms in total. The molecule has 1 atom stereocenters. The summed E-state index contributed by atoms with van der Waals surface area (Å²) in [6.45, 7) is 2.94. The molecule has 1 aliphatic rings.